The Labute approximate surface area is 143 Å². The third kappa shape index (κ3) is 4.34. The predicted molar refractivity (Wildman–Crippen MR) is 99.4 cm³/mol. The maximum absolute atomic E-state index is 6.02. The van der Waals surface area contributed by atoms with E-state index in [1.165, 1.54) is 30.8 Å². The molecule has 0 aromatic heterocycles. The highest BCUT2D eigenvalue weighted by molar-refractivity contribution is 7.99. The molecule has 0 amide bonds. The van der Waals surface area contributed by atoms with Crippen LogP contribution in [0.4, 0.5) is 5.69 Å². The van der Waals surface area contributed by atoms with E-state index in [0.29, 0.717) is 11.4 Å². The number of ether oxygens (including phenoxy) is 1. The minimum Gasteiger partial charge on any atom is -0.491 e. The molecule has 1 saturated heterocycles. The molecular weight excluding hydrogens is 306 g/mol. The number of nitrogens with one attached hydrogen (secondary N) is 1. The highest BCUT2D eigenvalue weighted by atomic mass is 32.2. The summed E-state index contributed by atoms with van der Waals surface area (Å²) in [5.74, 6) is 4.76. The molecule has 1 aromatic carbocycles. The Morgan fingerprint density at radius 3 is 2.70 bits per heavy atom. The number of hydrogen-bond acceptors (Lipinski definition) is 3. The third-order valence-electron chi connectivity index (χ3n) is 4.83. The molecule has 1 atom stereocenters. The van der Waals surface area contributed by atoms with Crippen LogP contribution in [0.1, 0.15) is 33.1 Å². The molecule has 4 nitrogen and oxygen atoms in total. The maximum Gasteiger partial charge on any atom is 0.193 e. The van der Waals surface area contributed by atoms with Crippen LogP contribution in [-0.2, 0) is 0 Å². The summed E-state index contributed by atoms with van der Waals surface area (Å²) in [4.78, 5) is 4.55. The molecule has 1 aromatic rings. The second-order valence-corrected chi connectivity index (χ2v) is 8.14. The Bertz CT molecular complexity index is 550. The molecule has 2 aliphatic rings. The van der Waals surface area contributed by atoms with Gasteiger partial charge in [0.1, 0.15) is 5.75 Å². The molecular formula is C18H27N3OS. The van der Waals surface area contributed by atoms with Gasteiger partial charge in [0, 0.05) is 12.2 Å². The summed E-state index contributed by atoms with van der Waals surface area (Å²) in [5, 5.41) is 3.17. The second kappa shape index (κ2) is 7.04. The van der Waals surface area contributed by atoms with Crippen LogP contribution in [0.15, 0.2) is 29.3 Å². The molecule has 1 heterocycles. The number of guanidine groups is 1. The minimum atomic E-state index is 0.185. The lowest BCUT2D eigenvalue weighted by Crippen LogP contribution is -2.23. The van der Waals surface area contributed by atoms with Crippen LogP contribution in [0, 0.1) is 11.3 Å². The Hall–Kier alpha value is -1.36. The van der Waals surface area contributed by atoms with Crippen LogP contribution >= 0.6 is 11.8 Å². The van der Waals surface area contributed by atoms with E-state index in [2.05, 4.69) is 22.1 Å². The van der Waals surface area contributed by atoms with Crippen LogP contribution in [0.2, 0.25) is 0 Å². The smallest absolute Gasteiger partial charge is 0.193 e. The standard InChI is InChI=1S/C18H27N3OS/c1-13(2)22-16-5-3-15(4-6-16)21-17(19)20-12-14-11-18(14)7-9-23-10-8-18/h3-6,13-14H,7-12H2,1-2H3,(H3,19,20,21). The van der Waals surface area contributed by atoms with Crippen LogP contribution in [0.3, 0.4) is 0 Å². The molecule has 1 aliphatic carbocycles. The van der Waals surface area contributed by atoms with Crippen molar-refractivity contribution < 1.29 is 4.74 Å². The fraction of sp³-hybridized carbons (Fsp3) is 0.611. The van der Waals surface area contributed by atoms with E-state index in [1.54, 1.807) is 0 Å². The highest BCUT2D eigenvalue weighted by Crippen LogP contribution is 2.60. The minimum absolute atomic E-state index is 0.185. The van der Waals surface area contributed by atoms with Crippen molar-refractivity contribution in [3.63, 3.8) is 0 Å². The summed E-state index contributed by atoms with van der Waals surface area (Å²) in [5.41, 5.74) is 7.57. The average Bonchev–Trinajstić information content (AvgIpc) is 3.19. The summed E-state index contributed by atoms with van der Waals surface area (Å²) in [6, 6.07) is 7.84. The van der Waals surface area contributed by atoms with Crippen molar-refractivity contribution >= 4 is 23.4 Å². The Balaban J connectivity index is 1.48. The summed E-state index contributed by atoms with van der Waals surface area (Å²) in [6.07, 6.45) is 4.25. The lowest BCUT2D eigenvalue weighted by Gasteiger charge is -2.21. The molecule has 2 fully saturated rings. The zero-order chi connectivity index (χ0) is 16.3. The third-order valence-corrected chi connectivity index (χ3v) is 5.81. The normalized spacial score (nSPS) is 23.1. The van der Waals surface area contributed by atoms with Gasteiger partial charge in [-0.3, -0.25) is 4.99 Å². The SMILES string of the molecule is CC(C)Oc1ccc(NC(N)=NCC2CC23CCSCC3)cc1. The van der Waals surface area contributed by atoms with E-state index in [4.69, 9.17) is 10.5 Å². The molecule has 0 bridgehead atoms. The summed E-state index contributed by atoms with van der Waals surface area (Å²) >= 11 is 2.09. The Morgan fingerprint density at radius 2 is 2.04 bits per heavy atom. The van der Waals surface area contributed by atoms with Gasteiger partial charge in [0.15, 0.2) is 5.96 Å². The van der Waals surface area contributed by atoms with Gasteiger partial charge < -0.3 is 15.8 Å². The van der Waals surface area contributed by atoms with Gasteiger partial charge in [-0.15, -0.1) is 0 Å². The van der Waals surface area contributed by atoms with Gasteiger partial charge in [-0.1, -0.05) is 0 Å². The molecule has 5 heteroatoms. The van der Waals surface area contributed by atoms with E-state index in [0.717, 1.165) is 23.9 Å². The quantitative estimate of drug-likeness (QED) is 0.637. The first-order valence-corrected chi connectivity index (χ1v) is 9.64. The molecule has 1 saturated carbocycles. The molecule has 126 valence electrons. The molecule has 0 radical (unpaired) electrons. The van der Waals surface area contributed by atoms with Gasteiger partial charge in [-0.25, -0.2) is 0 Å². The van der Waals surface area contributed by atoms with Crippen LogP contribution in [0.5, 0.6) is 5.75 Å². The van der Waals surface area contributed by atoms with Crippen molar-refractivity contribution in [1.29, 1.82) is 0 Å². The lowest BCUT2D eigenvalue weighted by atomic mass is 9.96. The van der Waals surface area contributed by atoms with E-state index < -0.39 is 0 Å². The van der Waals surface area contributed by atoms with Gasteiger partial charge in [-0.05, 0) is 80.2 Å². The van der Waals surface area contributed by atoms with E-state index >= 15 is 0 Å². The summed E-state index contributed by atoms with van der Waals surface area (Å²) < 4.78 is 5.63. The first kappa shape index (κ1) is 16.5. The number of nitrogens with two attached hydrogens (primary N) is 1. The van der Waals surface area contributed by atoms with E-state index in [-0.39, 0.29) is 6.10 Å². The molecule has 23 heavy (non-hydrogen) atoms. The van der Waals surface area contributed by atoms with E-state index in [9.17, 15) is 0 Å². The number of nitrogens with zero attached hydrogens (tertiary/aromatic N) is 1. The van der Waals surface area contributed by atoms with Crippen LogP contribution in [0.25, 0.3) is 0 Å². The highest BCUT2D eigenvalue weighted by Gasteiger charge is 2.53. The van der Waals surface area contributed by atoms with Crippen molar-refractivity contribution in [3.05, 3.63) is 24.3 Å². The van der Waals surface area contributed by atoms with Crippen LogP contribution in [-0.4, -0.2) is 30.1 Å². The number of hydrogen-bond donors (Lipinski definition) is 2. The topological polar surface area (TPSA) is 59.6 Å². The van der Waals surface area contributed by atoms with Gasteiger partial charge in [-0.2, -0.15) is 11.8 Å². The molecule has 1 aliphatic heterocycles. The van der Waals surface area contributed by atoms with Crippen molar-refractivity contribution in [3.8, 4) is 5.75 Å². The molecule has 1 unspecified atom stereocenters. The fourth-order valence-corrected chi connectivity index (χ4v) is 4.67. The first-order valence-electron chi connectivity index (χ1n) is 8.49. The monoisotopic (exact) mass is 333 g/mol. The molecule has 3 rings (SSSR count). The Kier molecular flexibility index (Phi) is 5.05. The second-order valence-electron chi connectivity index (χ2n) is 6.92. The number of rotatable bonds is 5. The predicted octanol–water partition coefficient (Wildman–Crippen LogP) is 3.73. The number of benzene rings is 1. The lowest BCUT2D eigenvalue weighted by molar-refractivity contribution is 0.242. The van der Waals surface area contributed by atoms with Crippen molar-refractivity contribution in [1.82, 2.24) is 0 Å². The van der Waals surface area contributed by atoms with Crippen molar-refractivity contribution in [2.24, 2.45) is 22.1 Å². The first-order chi connectivity index (χ1) is 11.1. The van der Waals surface area contributed by atoms with Gasteiger partial charge in [0.25, 0.3) is 0 Å². The van der Waals surface area contributed by atoms with Crippen LogP contribution < -0.4 is 15.8 Å². The van der Waals surface area contributed by atoms with Gasteiger partial charge in [0.05, 0.1) is 6.10 Å². The number of aliphatic imine (C=N–C) groups is 1. The zero-order valence-corrected chi connectivity index (χ0v) is 14.9. The largest absolute Gasteiger partial charge is 0.491 e. The van der Waals surface area contributed by atoms with Crippen molar-refractivity contribution in [2.45, 2.75) is 39.2 Å². The van der Waals surface area contributed by atoms with E-state index in [1.807, 2.05) is 38.1 Å². The zero-order valence-electron chi connectivity index (χ0n) is 14.0. The average molecular weight is 334 g/mol. The summed E-state index contributed by atoms with van der Waals surface area (Å²) in [7, 11) is 0. The van der Waals surface area contributed by atoms with Gasteiger partial charge in [0.2, 0.25) is 0 Å². The summed E-state index contributed by atoms with van der Waals surface area (Å²) in [6.45, 7) is 4.90. The number of anilines is 1. The van der Waals surface area contributed by atoms with Crippen molar-refractivity contribution in [2.75, 3.05) is 23.4 Å². The number of thioether (sulfide) groups is 1. The Morgan fingerprint density at radius 1 is 1.35 bits per heavy atom. The van der Waals surface area contributed by atoms with Gasteiger partial charge >= 0.3 is 0 Å². The molecule has 1 spiro atoms. The molecule has 3 N–H and O–H groups in total. The maximum atomic E-state index is 6.02. The fourth-order valence-electron chi connectivity index (χ4n) is 3.37.